The zero-order valence-electron chi connectivity index (χ0n) is 9.75. The molecule has 1 fully saturated rings. The Labute approximate surface area is 87.7 Å². The summed E-state index contributed by atoms with van der Waals surface area (Å²) in [7, 11) is 0. The molecule has 0 bridgehead atoms. The van der Waals surface area contributed by atoms with Gasteiger partial charge in [0.25, 0.3) is 0 Å². The zero-order valence-corrected chi connectivity index (χ0v) is 9.75. The van der Waals surface area contributed by atoms with E-state index < -0.39 is 0 Å². The Bertz CT molecular complexity index is 189. The monoisotopic (exact) mass is 197 g/mol. The van der Waals surface area contributed by atoms with Crippen LogP contribution in [0.15, 0.2) is 0 Å². The molecule has 0 radical (unpaired) electrons. The largest absolute Gasteiger partial charge is 0.300 e. The van der Waals surface area contributed by atoms with Gasteiger partial charge in [-0.2, -0.15) is 0 Å². The number of carbonyl (C=O) groups excluding carboxylic acids is 1. The molecule has 1 saturated heterocycles. The molecule has 1 heterocycles. The van der Waals surface area contributed by atoms with Crippen LogP contribution in [-0.2, 0) is 4.79 Å². The van der Waals surface area contributed by atoms with Crippen LogP contribution >= 0.6 is 0 Å². The average molecular weight is 197 g/mol. The summed E-state index contributed by atoms with van der Waals surface area (Å²) in [6, 6.07) is 0.475. The number of Topliss-reactive ketones (excluding diaryl/α,β-unsaturated/α-hetero) is 1. The average Bonchev–Trinajstić information content (AvgIpc) is 2.08. The molecule has 0 aliphatic carbocycles. The Morgan fingerprint density at radius 1 is 1.50 bits per heavy atom. The molecule has 0 aromatic heterocycles. The SMILES string of the molecule is CC(C)CCCN1CCC(=O)CC1C. The second kappa shape index (κ2) is 5.50. The molecular weight excluding hydrogens is 174 g/mol. The fourth-order valence-corrected chi connectivity index (χ4v) is 2.08. The number of carbonyl (C=O) groups is 1. The van der Waals surface area contributed by atoms with Gasteiger partial charge in [0.1, 0.15) is 5.78 Å². The van der Waals surface area contributed by atoms with E-state index in [2.05, 4.69) is 25.7 Å². The number of rotatable bonds is 4. The van der Waals surface area contributed by atoms with Crippen molar-refractivity contribution in [1.29, 1.82) is 0 Å². The summed E-state index contributed by atoms with van der Waals surface area (Å²) in [5.41, 5.74) is 0. The molecule has 0 aromatic rings. The van der Waals surface area contributed by atoms with Crippen molar-refractivity contribution in [3.05, 3.63) is 0 Å². The standard InChI is InChI=1S/C12H23NO/c1-10(2)5-4-7-13-8-6-12(14)9-11(13)3/h10-11H,4-9H2,1-3H3. The van der Waals surface area contributed by atoms with Crippen molar-refractivity contribution >= 4 is 5.78 Å². The lowest BCUT2D eigenvalue weighted by atomic mass is 10.0. The first-order valence-corrected chi connectivity index (χ1v) is 5.85. The van der Waals surface area contributed by atoms with Crippen molar-refractivity contribution < 1.29 is 4.79 Å². The number of likely N-dealkylation sites (tertiary alicyclic amines) is 1. The van der Waals surface area contributed by atoms with E-state index in [0.717, 1.165) is 25.3 Å². The molecule has 1 rings (SSSR count). The number of ketones is 1. The molecule has 2 heteroatoms. The van der Waals surface area contributed by atoms with Gasteiger partial charge in [0, 0.05) is 25.4 Å². The molecule has 14 heavy (non-hydrogen) atoms. The fraction of sp³-hybridized carbons (Fsp3) is 0.917. The van der Waals surface area contributed by atoms with E-state index in [1.54, 1.807) is 0 Å². The summed E-state index contributed by atoms with van der Waals surface area (Å²) in [5, 5.41) is 0. The topological polar surface area (TPSA) is 20.3 Å². The third-order valence-corrected chi connectivity index (χ3v) is 3.05. The molecule has 1 atom stereocenters. The van der Waals surface area contributed by atoms with Crippen LogP contribution < -0.4 is 0 Å². The smallest absolute Gasteiger partial charge is 0.135 e. The Morgan fingerprint density at radius 3 is 2.79 bits per heavy atom. The van der Waals surface area contributed by atoms with Crippen molar-refractivity contribution in [1.82, 2.24) is 4.90 Å². The van der Waals surface area contributed by atoms with Crippen molar-refractivity contribution in [2.75, 3.05) is 13.1 Å². The summed E-state index contributed by atoms with van der Waals surface area (Å²) in [5.74, 6) is 1.24. The highest BCUT2D eigenvalue weighted by Crippen LogP contribution is 2.15. The van der Waals surface area contributed by atoms with E-state index in [0.29, 0.717) is 11.8 Å². The van der Waals surface area contributed by atoms with Gasteiger partial charge < -0.3 is 0 Å². The van der Waals surface area contributed by atoms with E-state index >= 15 is 0 Å². The minimum Gasteiger partial charge on any atom is -0.300 e. The quantitative estimate of drug-likeness (QED) is 0.690. The maximum Gasteiger partial charge on any atom is 0.135 e. The van der Waals surface area contributed by atoms with Crippen LogP contribution in [0, 0.1) is 5.92 Å². The van der Waals surface area contributed by atoms with E-state index in [4.69, 9.17) is 0 Å². The summed E-state index contributed by atoms with van der Waals surface area (Å²) < 4.78 is 0. The van der Waals surface area contributed by atoms with Crippen LogP contribution in [0.3, 0.4) is 0 Å². The minimum atomic E-state index is 0.442. The van der Waals surface area contributed by atoms with Crippen LogP contribution in [0.25, 0.3) is 0 Å². The van der Waals surface area contributed by atoms with Crippen molar-refractivity contribution in [2.45, 2.75) is 52.5 Å². The lowest BCUT2D eigenvalue weighted by Gasteiger charge is -2.32. The van der Waals surface area contributed by atoms with Gasteiger partial charge in [-0.1, -0.05) is 13.8 Å². The Kier molecular flexibility index (Phi) is 4.59. The molecular formula is C12H23NO. The van der Waals surface area contributed by atoms with Crippen LogP contribution in [0.1, 0.15) is 46.5 Å². The van der Waals surface area contributed by atoms with E-state index in [9.17, 15) is 4.79 Å². The van der Waals surface area contributed by atoms with Gasteiger partial charge in [-0.3, -0.25) is 9.69 Å². The molecule has 1 unspecified atom stereocenters. The van der Waals surface area contributed by atoms with Crippen LogP contribution in [0.2, 0.25) is 0 Å². The van der Waals surface area contributed by atoms with Crippen molar-refractivity contribution in [3.8, 4) is 0 Å². The second-order valence-corrected chi connectivity index (χ2v) is 4.91. The second-order valence-electron chi connectivity index (χ2n) is 4.91. The molecule has 0 amide bonds. The van der Waals surface area contributed by atoms with Gasteiger partial charge in [0.05, 0.1) is 0 Å². The zero-order chi connectivity index (χ0) is 10.6. The number of piperidine rings is 1. The Balaban J connectivity index is 2.20. The first-order valence-electron chi connectivity index (χ1n) is 5.85. The lowest BCUT2D eigenvalue weighted by Crippen LogP contribution is -2.41. The number of nitrogens with zero attached hydrogens (tertiary/aromatic N) is 1. The lowest BCUT2D eigenvalue weighted by molar-refractivity contribution is -0.122. The van der Waals surface area contributed by atoms with Crippen LogP contribution in [-0.4, -0.2) is 29.8 Å². The molecule has 82 valence electrons. The summed E-state index contributed by atoms with van der Waals surface area (Å²) in [6.07, 6.45) is 4.11. The van der Waals surface area contributed by atoms with Gasteiger partial charge in [-0.05, 0) is 32.2 Å². The third kappa shape index (κ3) is 3.79. The van der Waals surface area contributed by atoms with Gasteiger partial charge in [0.2, 0.25) is 0 Å². The highest BCUT2D eigenvalue weighted by molar-refractivity contribution is 5.79. The number of hydrogen-bond acceptors (Lipinski definition) is 2. The Hall–Kier alpha value is -0.370. The summed E-state index contributed by atoms with van der Waals surface area (Å²) in [6.45, 7) is 8.86. The molecule has 0 spiro atoms. The van der Waals surface area contributed by atoms with E-state index in [1.165, 1.54) is 19.4 Å². The van der Waals surface area contributed by atoms with Gasteiger partial charge in [0.15, 0.2) is 0 Å². The molecule has 1 aliphatic rings. The fourth-order valence-electron chi connectivity index (χ4n) is 2.08. The first-order chi connectivity index (χ1) is 6.59. The van der Waals surface area contributed by atoms with E-state index in [-0.39, 0.29) is 0 Å². The van der Waals surface area contributed by atoms with Crippen molar-refractivity contribution in [3.63, 3.8) is 0 Å². The maximum absolute atomic E-state index is 11.2. The highest BCUT2D eigenvalue weighted by Gasteiger charge is 2.22. The van der Waals surface area contributed by atoms with Crippen LogP contribution in [0.4, 0.5) is 0 Å². The van der Waals surface area contributed by atoms with Gasteiger partial charge >= 0.3 is 0 Å². The third-order valence-electron chi connectivity index (χ3n) is 3.05. The Morgan fingerprint density at radius 2 is 2.21 bits per heavy atom. The molecule has 2 nitrogen and oxygen atoms in total. The summed E-state index contributed by atoms with van der Waals surface area (Å²) in [4.78, 5) is 13.6. The van der Waals surface area contributed by atoms with E-state index in [1.807, 2.05) is 0 Å². The first kappa shape index (κ1) is 11.7. The maximum atomic E-state index is 11.2. The van der Waals surface area contributed by atoms with Crippen LogP contribution in [0.5, 0.6) is 0 Å². The molecule has 0 aromatic carbocycles. The minimum absolute atomic E-state index is 0.442. The summed E-state index contributed by atoms with van der Waals surface area (Å²) >= 11 is 0. The predicted molar refractivity (Wildman–Crippen MR) is 59.3 cm³/mol. The predicted octanol–water partition coefficient (Wildman–Crippen LogP) is 2.48. The number of hydrogen-bond donors (Lipinski definition) is 0. The normalized spacial score (nSPS) is 24.6. The van der Waals surface area contributed by atoms with Gasteiger partial charge in [-0.25, -0.2) is 0 Å². The molecule has 0 N–H and O–H groups in total. The molecule has 0 saturated carbocycles. The molecule has 1 aliphatic heterocycles. The van der Waals surface area contributed by atoms with Crippen molar-refractivity contribution in [2.24, 2.45) is 5.92 Å². The van der Waals surface area contributed by atoms with Gasteiger partial charge in [-0.15, -0.1) is 0 Å². The highest BCUT2D eigenvalue weighted by atomic mass is 16.1.